The van der Waals surface area contributed by atoms with E-state index in [0.717, 1.165) is 34.2 Å². The molecular weight excluding hydrogens is 303 g/mol. The molecule has 2 rings (SSSR count). The van der Waals surface area contributed by atoms with E-state index in [1.165, 1.54) is 0 Å². The number of hydrogen-bond donors (Lipinski definition) is 3. The summed E-state index contributed by atoms with van der Waals surface area (Å²) in [4.78, 5) is 0. The Kier molecular flexibility index (Phi) is 3.06. The molecule has 1 aromatic carbocycles. The highest BCUT2D eigenvalue weighted by Gasteiger charge is 2.33. The zero-order chi connectivity index (χ0) is 10.9. The van der Waals surface area contributed by atoms with Crippen LogP contribution in [0.3, 0.4) is 0 Å². The molecule has 0 aromatic heterocycles. The third-order valence-corrected chi connectivity index (χ3v) is 3.78. The van der Waals surface area contributed by atoms with Crippen LogP contribution in [0.15, 0.2) is 18.2 Å². The molecule has 1 fully saturated rings. The molecular formula is C11H15IN2O. The Labute approximate surface area is 103 Å². The number of nitrogens with two attached hydrogens (primary N) is 1. The molecule has 0 unspecified atom stereocenters. The van der Waals surface area contributed by atoms with Crippen molar-refractivity contribution in [2.24, 2.45) is 0 Å². The Morgan fingerprint density at radius 1 is 1.47 bits per heavy atom. The summed E-state index contributed by atoms with van der Waals surface area (Å²) in [5, 5.41) is 13.2. The van der Waals surface area contributed by atoms with Gasteiger partial charge in [0.05, 0.1) is 5.60 Å². The van der Waals surface area contributed by atoms with Crippen molar-refractivity contribution in [1.29, 1.82) is 0 Å². The molecule has 1 aromatic rings. The van der Waals surface area contributed by atoms with Gasteiger partial charge in [0.25, 0.3) is 0 Å². The fourth-order valence-corrected chi connectivity index (χ4v) is 2.43. The molecule has 0 heterocycles. The first-order chi connectivity index (χ1) is 7.09. The molecule has 0 atom stereocenters. The van der Waals surface area contributed by atoms with Gasteiger partial charge < -0.3 is 16.2 Å². The molecule has 82 valence electrons. The van der Waals surface area contributed by atoms with Gasteiger partial charge in [-0.3, -0.25) is 0 Å². The largest absolute Gasteiger partial charge is 0.399 e. The number of aliphatic hydroxyl groups is 1. The second-order valence-corrected chi connectivity index (χ2v) is 5.33. The smallest absolute Gasteiger partial charge is 0.0819 e. The highest BCUT2D eigenvalue weighted by molar-refractivity contribution is 14.1. The minimum absolute atomic E-state index is 0.482. The SMILES string of the molecule is Nc1ccc(NCC2(O)CCC2)c(I)c1. The molecule has 4 N–H and O–H groups in total. The van der Waals surface area contributed by atoms with Crippen molar-refractivity contribution < 1.29 is 5.11 Å². The van der Waals surface area contributed by atoms with E-state index in [-0.39, 0.29) is 0 Å². The maximum absolute atomic E-state index is 9.93. The molecule has 1 saturated carbocycles. The summed E-state index contributed by atoms with van der Waals surface area (Å²) in [5.41, 5.74) is 7.00. The Balaban J connectivity index is 1.98. The minimum atomic E-state index is -0.482. The maximum Gasteiger partial charge on any atom is 0.0819 e. The second-order valence-electron chi connectivity index (χ2n) is 4.17. The zero-order valence-electron chi connectivity index (χ0n) is 8.46. The lowest BCUT2D eigenvalue weighted by atomic mass is 9.80. The van der Waals surface area contributed by atoms with Gasteiger partial charge in [-0.15, -0.1) is 0 Å². The van der Waals surface area contributed by atoms with Crippen molar-refractivity contribution in [2.45, 2.75) is 24.9 Å². The van der Waals surface area contributed by atoms with Crippen LogP contribution in [0.1, 0.15) is 19.3 Å². The summed E-state index contributed by atoms with van der Waals surface area (Å²) in [7, 11) is 0. The van der Waals surface area contributed by atoms with Gasteiger partial charge in [-0.25, -0.2) is 0 Å². The van der Waals surface area contributed by atoms with E-state index in [0.29, 0.717) is 6.54 Å². The number of hydrogen-bond acceptors (Lipinski definition) is 3. The van der Waals surface area contributed by atoms with Crippen LogP contribution < -0.4 is 11.1 Å². The maximum atomic E-state index is 9.93. The monoisotopic (exact) mass is 318 g/mol. The first-order valence-electron chi connectivity index (χ1n) is 5.10. The van der Waals surface area contributed by atoms with Gasteiger partial charge in [-0.05, 0) is 60.1 Å². The van der Waals surface area contributed by atoms with Crippen molar-refractivity contribution in [3.63, 3.8) is 0 Å². The van der Waals surface area contributed by atoms with Crippen LogP contribution in [0.4, 0.5) is 11.4 Å². The summed E-state index contributed by atoms with van der Waals surface area (Å²) in [6.45, 7) is 0.632. The number of rotatable bonds is 3. The topological polar surface area (TPSA) is 58.3 Å². The van der Waals surface area contributed by atoms with E-state index in [2.05, 4.69) is 27.9 Å². The van der Waals surface area contributed by atoms with Gasteiger partial charge in [0.2, 0.25) is 0 Å². The average Bonchev–Trinajstić information content (AvgIpc) is 2.14. The van der Waals surface area contributed by atoms with Gasteiger partial charge in [-0.1, -0.05) is 0 Å². The van der Waals surface area contributed by atoms with Gasteiger partial charge in [0, 0.05) is 21.5 Å². The van der Waals surface area contributed by atoms with Crippen LogP contribution in [-0.2, 0) is 0 Å². The van der Waals surface area contributed by atoms with Crippen LogP contribution in [0.2, 0.25) is 0 Å². The van der Waals surface area contributed by atoms with Gasteiger partial charge in [-0.2, -0.15) is 0 Å². The van der Waals surface area contributed by atoms with Crippen LogP contribution in [0.5, 0.6) is 0 Å². The minimum Gasteiger partial charge on any atom is -0.399 e. The number of nitrogens with one attached hydrogen (secondary N) is 1. The van der Waals surface area contributed by atoms with Crippen molar-refractivity contribution in [2.75, 3.05) is 17.6 Å². The van der Waals surface area contributed by atoms with Crippen LogP contribution in [-0.4, -0.2) is 17.3 Å². The number of anilines is 2. The summed E-state index contributed by atoms with van der Waals surface area (Å²) in [5.74, 6) is 0. The van der Waals surface area contributed by atoms with E-state index >= 15 is 0 Å². The lowest BCUT2D eigenvalue weighted by Crippen LogP contribution is -2.43. The van der Waals surface area contributed by atoms with Crippen molar-refractivity contribution in [3.05, 3.63) is 21.8 Å². The fraction of sp³-hybridized carbons (Fsp3) is 0.455. The van der Waals surface area contributed by atoms with E-state index in [1.54, 1.807) is 0 Å². The van der Waals surface area contributed by atoms with Crippen LogP contribution in [0, 0.1) is 3.57 Å². The van der Waals surface area contributed by atoms with E-state index in [4.69, 9.17) is 5.73 Å². The third kappa shape index (κ3) is 2.55. The fourth-order valence-electron chi connectivity index (χ4n) is 1.70. The second kappa shape index (κ2) is 4.17. The molecule has 0 bridgehead atoms. The molecule has 0 radical (unpaired) electrons. The van der Waals surface area contributed by atoms with Gasteiger partial charge in [0.1, 0.15) is 0 Å². The molecule has 3 nitrogen and oxygen atoms in total. The summed E-state index contributed by atoms with van der Waals surface area (Å²) >= 11 is 2.24. The molecule has 1 aliphatic carbocycles. The predicted molar refractivity (Wildman–Crippen MR) is 70.9 cm³/mol. The first-order valence-corrected chi connectivity index (χ1v) is 6.18. The molecule has 0 saturated heterocycles. The van der Waals surface area contributed by atoms with Crippen molar-refractivity contribution in [3.8, 4) is 0 Å². The lowest BCUT2D eigenvalue weighted by molar-refractivity contribution is -0.0202. The quantitative estimate of drug-likeness (QED) is 0.591. The molecule has 1 aliphatic rings. The number of halogens is 1. The predicted octanol–water partition coefficient (Wildman–Crippen LogP) is 2.20. The Hall–Kier alpha value is -0.490. The molecule has 15 heavy (non-hydrogen) atoms. The highest BCUT2D eigenvalue weighted by Crippen LogP contribution is 2.32. The van der Waals surface area contributed by atoms with Gasteiger partial charge in [0.15, 0.2) is 0 Å². The van der Waals surface area contributed by atoms with Crippen LogP contribution in [0.25, 0.3) is 0 Å². The van der Waals surface area contributed by atoms with Crippen molar-refractivity contribution in [1.82, 2.24) is 0 Å². The summed E-state index contributed by atoms with van der Waals surface area (Å²) in [6, 6.07) is 5.75. The zero-order valence-corrected chi connectivity index (χ0v) is 10.6. The summed E-state index contributed by atoms with van der Waals surface area (Å²) < 4.78 is 1.09. The average molecular weight is 318 g/mol. The normalized spacial score (nSPS) is 18.3. The molecule has 0 aliphatic heterocycles. The standard InChI is InChI=1S/C11H15IN2O/c12-9-6-8(13)2-3-10(9)14-7-11(15)4-1-5-11/h2-3,6,14-15H,1,4-5,7,13H2. The number of benzene rings is 1. The van der Waals surface area contributed by atoms with Crippen LogP contribution >= 0.6 is 22.6 Å². The highest BCUT2D eigenvalue weighted by atomic mass is 127. The Morgan fingerprint density at radius 3 is 2.73 bits per heavy atom. The first kappa shape index (κ1) is 11.0. The lowest BCUT2D eigenvalue weighted by Gasteiger charge is -2.37. The summed E-state index contributed by atoms with van der Waals surface area (Å²) in [6.07, 6.45) is 2.95. The van der Waals surface area contributed by atoms with E-state index in [9.17, 15) is 5.11 Å². The van der Waals surface area contributed by atoms with Gasteiger partial charge >= 0.3 is 0 Å². The Bertz CT molecular complexity index is 364. The Morgan fingerprint density at radius 2 is 2.20 bits per heavy atom. The molecule has 0 amide bonds. The van der Waals surface area contributed by atoms with Crippen molar-refractivity contribution >= 4 is 34.0 Å². The van der Waals surface area contributed by atoms with E-state index < -0.39 is 5.60 Å². The molecule has 4 heteroatoms. The van der Waals surface area contributed by atoms with E-state index in [1.807, 2.05) is 18.2 Å². The molecule has 0 spiro atoms. The number of nitrogen functional groups attached to an aromatic ring is 1. The third-order valence-electron chi connectivity index (χ3n) is 2.89.